The van der Waals surface area contributed by atoms with E-state index in [1.54, 1.807) is 23.5 Å². The number of furan rings is 1. The van der Waals surface area contributed by atoms with Crippen LogP contribution < -0.4 is 5.32 Å². The summed E-state index contributed by atoms with van der Waals surface area (Å²) in [6.45, 7) is 2.81. The summed E-state index contributed by atoms with van der Waals surface area (Å²) in [5.41, 5.74) is 0. The number of piperidine rings is 1. The molecule has 1 fully saturated rings. The van der Waals surface area contributed by atoms with Crippen molar-refractivity contribution in [2.24, 2.45) is 0 Å². The predicted molar refractivity (Wildman–Crippen MR) is 98.5 cm³/mol. The van der Waals surface area contributed by atoms with E-state index in [0.717, 1.165) is 13.1 Å². The zero-order valence-electron chi connectivity index (χ0n) is 12.7. The average molecular weight is 420 g/mol. The highest BCUT2D eigenvalue weighted by molar-refractivity contribution is 9.10. The fourth-order valence-corrected chi connectivity index (χ4v) is 4.00. The van der Waals surface area contributed by atoms with Crippen molar-refractivity contribution in [3.63, 3.8) is 0 Å². The maximum absolute atomic E-state index is 12.2. The van der Waals surface area contributed by atoms with E-state index in [9.17, 15) is 4.79 Å². The second kappa shape index (κ2) is 8.87. The van der Waals surface area contributed by atoms with Gasteiger partial charge in [0, 0.05) is 11.4 Å². The number of amides is 1. The maximum atomic E-state index is 12.2. The molecule has 2 aromatic heterocycles. The molecule has 0 aliphatic carbocycles. The van der Waals surface area contributed by atoms with Crippen molar-refractivity contribution in [3.8, 4) is 0 Å². The molecule has 1 unspecified atom stereocenters. The molecule has 0 saturated carbocycles. The third-order valence-electron chi connectivity index (χ3n) is 3.96. The van der Waals surface area contributed by atoms with Crippen LogP contribution >= 0.6 is 39.7 Å². The third kappa shape index (κ3) is 4.83. The highest BCUT2D eigenvalue weighted by Gasteiger charge is 2.24. The zero-order chi connectivity index (χ0) is 15.4. The van der Waals surface area contributed by atoms with E-state index in [-0.39, 0.29) is 24.4 Å². The van der Waals surface area contributed by atoms with E-state index in [4.69, 9.17) is 4.42 Å². The number of carbonyl (C=O) groups is 1. The first-order valence-electron chi connectivity index (χ1n) is 7.55. The van der Waals surface area contributed by atoms with Crippen molar-refractivity contribution in [3.05, 3.63) is 45.0 Å². The SMILES string of the molecule is Cl.O=C(NCC(c1cccs1)N1CCCCC1)c1ccc(Br)o1. The highest BCUT2D eigenvalue weighted by atomic mass is 79.9. The van der Waals surface area contributed by atoms with E-state index in [1.807, 2.05) is 0 Å². The molecular formula is C16H20BrClN2O2S. The minimum absolute atomic E-state index is 0. The van der Waals surface area contributed by atoms with Gasteiger partial charge in [0.05, 0.1) is 6.04 Å². The largest absolute Gasteiger partial charge is 0.444 e. The van der Waals surface area contributed by atoms with Gasteiger partial charge >= 0.3 is 0 Å². The minimum atomic E-state index is -0.163. The van der Waals surface area contributed by atoms with Crippen LogP contribution in [0.15, 0.2) is 38.7 Å². The maximum Gasteiger partial charge on any atom is 0.287 e. The van der Waals surface area contributed by atoms with Crippen LogP contribution in [0.25, 0.3) is 0 Å². The van der Waals surface area contributed by atoms with Crippen LogP contribution in [0.2, 0.25) is 0 Å². The molecule has 3 heterocycles. The number of hydrogen-bond donors (Lipinski definition) is 1. The van der Waals surface area contributed by atoms with Gasteiger partial charge in [-0.1, -0.05) is 12.5 Å². The molecule has 7 heteroatoms. The standard InChI is InChI=1S/C16H19BrN2O2S.ClH/c17-15-7-6-13(21-15)16(20)18-11-12(14-5-4-10-22-14)19-8-2-1-3-9-19;/h4-7,10,12H,1-3,8-9,11H2,(H,18,20);1H. The molecule has 126 valence electrons. The normalized spacial score (nSPS) is 16.6. The predicted octanol–water partition coefficient (Wildman–Crippen LogP) is 4.48. The van der Waals surface area contributed by atoms with Gasteiger partial charge in [-0.3, -0.25) is 9.69 Å². The molecule has 0 radical (unpaired) electrons. The summed E-state index contributed by atoms with van der Waals surface area (Å²) < 4.78 is 5.88. The number of halogens is 2. The zero-order valence-corrected chi connectivity index (χ0v) is 15.9. The fourth-order valence-electron chi connectivity index (χ4n) is 2.83. The Hall–Kier alpha value is -0.820. The summed E-state index contributed by atoms with van der Waals surface area (Å²) in [6.07, 6.45) is 3.78. The van der Waals surface area contributed by atoms with Crippen LogP contribution in [0.3, 0.4) is 0 Å². The van der Waals surface area contributed by atoms with Gasteiger partial charge in [-0.25, -0.2) is 0 Å². The molecule has 0 spiro atoms. The van der Waals surface area contributed by atoms with E-state index in [2.05, 4.69) is 43.7 Å². The van der Waals surface area contributed by atoms with Gasteiger partial charge in [-0.15, -0.1) is 23.7 Å². The lowest BCUT2D eigenvalue weighted by Gasteiger charge is -2.34. The van der Waals surface area contributed by atoms with Crippen molar-refractivity contribution in [2.75, 3.05) is 19.6 Å². The van der Waals surface area contributed by atoms with Gasteiger partial charge in [0.2, 0.25) is 0 Å². The summed E-state index contributed by atoms with van der Waals surface area (Å²) in [6, 6.07) is 7.89. The fraction of sp³-hybridized carbons (Fsp3) is 0.438. The molecule has 1 aliphatic heterocycles. The van der Waals surface area contributed by atoms with Gasteiger partial charge in [-0.05, 0) is 65.4 Å². The first kappa shape index (κ1) is 18.5. The Morgan fingerprint density at radius 3 is 2.70 bits per heavy atom. The lowest BCUT2D eigenvalue weighted by atomic mass is 10.1. The van der Waals surface area contributed by atoms with E-state index < -0.39 is 0 Å². The van der Waals surface area contributed by atoms with Gasteiger partial charge in [-0.2, -0.15) is 0 Å². The highest BCUT2D eigenvalue weighted by Crippen LogP contribution is 2.27. The van der Waals surface area contributed by atoms with Crippen molar-refractivity contribution in [1.82, 2.24) is 10.2 Å². The summed E-state index contributed by atoms with van der Waals surface area (Å²) in [7, 11) is 0. The summed E-state index contributed by atoms with van der Waals surface area (Å²) in [5.74, 6) is 0.180. The van der Waals surface area contributed by atoms with Gasteiger partial charge in [0.25, 0.3) is 5.91 Å². The first-order chi connectivity index (χ1) is 10.7. The Bertz CT molecular complexity index is 611. The molecule has 23 heavy (non-hydrogen) atoms. The number of nitrogens with one attached hydrogen (secondary N) is 1. The molecule has 1 saturated heterocycles. The number of rotatable bonds is 5. The van der Waals surface area contributed by atoms with Gasteiger partial charge in [0.15, 0.2) is 10.4 Å². The Kier molecular flexibility index (Phi) is 7.14. The van der Waals surface area contributed by atoms with Crippen molar-refractivity contribution < 1.29 is 9.21 Å². The van der Waals surface area contributed by atoms with Crippen molar-refractivity contribution in [2.45, 2.75) is 25.3 Å². The Balaban J connectivity index is 0.00000192. The molecule has 2 aromatic rings. The number of carbonyl (C=O) groups excluding carboxylic acids is 1. The van der Waals surface area contributed by atoms with Crippen LogP contribution in [0.1, 0.15) is 40.7 Å². The van der Waals surface area contributed by atoms with E-state index >= 15 is 0 Å². The average Bonchev–Trinajstić information content (AvgIpc) is 3.20. The lowest BCUT2D eigenvalue weighted by Crippen LogP contribution is -2.40. The van der Waals surface area contributed by atoms with Crippen LogP contribution in [0, 0.1) is 0 Å². The van der Waals surface area contributed by atoms with Crippen molar-refractivity contribution in [1.29, 1.82) is 0 Å². The topological polar surface area (TPSA) is 45.5 Å². The molecule has 4 nitrogen and oxygen atoms in total. The smallest absolute Gasteiger partial charge is 0.287 e. The number of likely N-dealkylation sites (tertiary alicyclic amines) is 1. The minimum Gasteiger partial charge on any atom is -0.444 e. The van der Waals surface area contributed by atoms with Gasteiger partial charge in [0.1, 0.15) is 0 Å². The van der Waals surface area contributed by atoms with Crippen LogP contribution in [0.5, 0.6) is 0 Å². The number of hydrogen-bond acceptors (Lipinski definition) is 4. The Morgan fingerprint density at radius 2 is 2.09 bits per heavy atom. The quantitative estimate of drug-likeness (QED) is 0.777. The first-order valence-corrected chi connectivity index (χ1v) is 9.22. The summed E-state index contributed by atoms with van der Waals surface area (Å²) >= 11 is 4.97. The Labute approximate surface area is 154 Å². The number of nitrogens with zero attached hydrogens (tertiary/aromatic N) is 1. The second-order valence-corrected chi connectivity index (χ2v) is 7.20. The second-order valence-electron chi connectivity index (χ2n) is 5.44. The molecule has 3 rings (SSSR count). The van der Waals surface area contributed by atoms with Crippen molar-refractivity contribution >= 4 is 45.6 Å². The van der Waals surface area contributed by atoms with Crippen LogP contribution in [-0.4, -0.2) is 30.4 Å². The van der Waals surface area contributed by atoms with E-state index in [1.165, 1.54) is 24.1 Å². The molecule has 0 aromatic carbocycles. The molecule has 1 aliphatic rings. The molecule has 1 N–H and O–H groups in total. The van der Waals surface area contributed by atoms with E-state index in [0.29, 0.717) is 17.0 Å². The molecule has 1 atom stereocenters. The number of thiophene rings is 1. The third-order valence-corrected chi connectivity index (χ3v) is 5.36. The summed E-state index contributed by atoms with van der Waals surface area (Å²) in [5, 5.41) is 5.10. The van der Waals surface area contributed by atoms with Gasteiger partial charge < -0.3 is 9.73 Å². The van der Waals surface area contributed by atoms with Crippen LogP contribution in [-0.2, 0) is 0 Å². The Morgan fingerprint density at radius 1 is 1.30 bits per heavy atom. The van der Waals surface area contributed by atoms with Crippen LogP contribution in [0.4, 0.5) is 0 Å². The molecule has 0 bridgehead atoms. The summed E-state index contributed by atoms with van der Waals surface area (Å²) in [4.78, 5) is 16.0. The monoisotopic (exact) mass is 418 g/mol. The molecular weight excluding hydrogens is 400 g/mol. The molecule has 1 amide bonds. The lowest BCUT2D eigenvalue weighted by molar-refractivity contribution is 0.0897.